The van der Waals surface area contributed by atoms with Crippen LogP contribution in [0.1, 0.15) is 26.5 Å². The smallest absolute Gasteiger partial charge is 0.361 e. The van der Waals surface area contributed by atoms with Gasteiger partial charge in [0.1, 0.15) is 5.52 Å². The maximum atomic E-state index is 12.0. The Morgan fingerprint density at radius 2 is 2.04 bits per heavy atom. The lowest BCUT2D eigenvalue weighted by molar-refractivity contribution is 0.0544. The van der Waals surface area contributed by atoms with Crippen molar-refractivity contribution in [2.45, 2.75) is 6.54 Å². The third-order valence-electron chi connectivity index (χ3n) is 3.22. The van der Waals surface area contributed by atoms with E-state index in [-0.39, 0.29) is 17.9 Å². The van der Waals surface area contributed by atoms with Gasteiger partial charge in [0.2, 0.25) is 5.69 Å². The van der Waals surface area contributed by atoms with Gasteiger partial charge in [-0.15, -0.1) is 5.10 Å². The van der Waals surface area contributed by atoms with Gasteiger partial charge in [-0.25, -0.2) is 14.3 Å². The maximum absolute atomic E-state index is 12.0. The summed E-state index contributed by atoms with van der Waals surface area (Å²) in [5.74, 6) is -1.51. The van der Waals surface area contributed by atoms with E-state index in [1.54, 1.807) is 18.3 Å². The zero-order valence-electron chi connectivity index (χ0n) is 12.3. The first-order valence-electron chi connectivity index (χ1n) is 6.57. The molecule has 23 heavy (non-hydrogen) atoms. The average molecular weight is 316 g/mol. The second-order valence-electron chi connectivity index (χ2n) is 4.54. The molecule has 0 amide bonds. The van der Waals surface area contributed by atoms with Gasteiger partial charge in [-0.1, -0.05) is 5.21 Å². The molecule has 0 spiro atoms. The Morgan fingerprint density at radius 1 is 1.26 bits per heavy atom. The van der Waals surface area contributed by atoms with Gasteiger partial charge >= 0.3 is 11.9 Å². The van der Waals surface area contributed by atoms with E-state index in [0.29, 0.717) is 16.7 Å². The number of carbonyl (C=O) groups is 2. The van der Waals surface area contributed by atoms with Crippen LogP contribution in [-0.4, -0.2) is 46.1 Å². The fraction of sp³-hybridized carbons (Fsp3) is 0.214. The summed E-state index contributed by atoms with van der Waals surface area (Å²) >= 11 is 0. The third-order valence-corrected chi connectivity index (χ3v) is 3.22. The molecule has 9 nitrogen and oxygen atoms in total. The summed E-state index contributed by atoms with van der Waals surface area (Å²) < 4.78 is 15.9. The number of furan rings is 1. The second-order valence-corrected chi connectivity index (χ2v) is 4.54. The molecule has 0 aliphatic heterocycles. The molecule has 0 N–H and O–H groups in total. The van der Waals surface area contributed by atoms with Crippen LogP contribution >= 0.6 is 0 Å². The lowest BCUT2D eigenvalue weighted by Crippen LogP contribution is -2.17. The molecule has 0 saturated carbocycles. The number of aromatic nitrogens is 4. The van der Waals surface area contributed by atoms with Gasteiger partial charge in [-0.05, 0) is 12.1 Å². The quantitative estimate of drug-likeness (QED) is 0.657. The zero-order chi connectivity index (χ0) is 16.4. The van der Waals surface area contributed by atoms with Crippen LogP contribution < -0.4 is 0 Å². The molecule has 3 rings (SSSR count). The third kappa shape index (κ3) is 2.52. The topological polar surface area (TPSA) is 109 Å². The monoisotopic (exact) mass is 316 g/mol. The Morgan fingerprint density at radius 3 is 2.78 bits per heavy atom. The summed E-state index contributed by atoms with van der Waals surface area (Å²) in [6.07, 6.45) is 3.14. The molecule has 0 unspecified atom stereocenters. The highest BCUT2D eigenvalue weighted by atomic mass is 16.5. The highest BCUT2D eigenvalue weighted by molar-refractivity contribution is 6.00. The Balaban J connectivity index is 2.04. The molecule has 3 aromatic heterocycles. The van der Waals surface area contributed by atoms with Crippen LogP contribution in [0.15, 0.2) is 29.0 Å². The van der Waals surface area contributed by atoms with E-state index in [2.05, 4.69) is 20.0 Å². The minimum Gasteiger partial charge on any atom is -0.464 e. The fourth-order valence-electron chi connectivity index (χ4n) is 2.15. The minimum atomic E-state index is -0.771. The highest BCUT2D eigenvalue weighted by Gasteiger charge is 2.27. The number of methoxy groups -OCH3 is 2. The Hall–Kier alpha value is -3.23. The van der Waals surface area contributed by atoms with Crippen molar-refractivity contribution in [3.63, 3.8) is 0 Å². The molecule has 0 saturated heterocycles. The molecule has 0 atom stereocenters. The molecule has 0 fully saturated rings. The van der Waals surface area contributed by atoms with Gasteiger partial charge in [0, 0.05) is 11.8 Å². The normalized spacial score (nSPS) is 10.7. The maximum Gasteiger partial charge on any atom is 0.361 e. The van der Waals surface area contributed by atoms with Gasteiger partial charge in [0.15, 0.2) is 11.3 Å². The zero-order valence-corrected chi connectivity index (χ0v) is 12.3. The van der Waals surface area contributed by atoms with E-state index in [1.807, 2.05) is 0 Å². The average Bonchev–Trinajstić information content (AvgIpc) is 3.18. The lowest BCUT2D eigenvalue weighted by Gasteiger charge is -2.04. The number of pyridine rings is 1. The number of nitrogens with zero attached hydrogens (tertiary/aromatic N) is 4. The standard InChI is InChI=1S/C14H12N4O5/c1-21-13(19)11-12(14(20)22-2)18(17-16-11)6-8-7-23-9-4-3-5-15-10(8)9/h3-5,7H,6H2,1-2H3. The van der Waals surface area contributed by atoms with Crippen LogP contribution in [0.3, 0.4) is 0 Å². The van der Waals surface area contributed by atoms with Crippen molar-refractivity contribution >= 4 is 23.0 Å². The first-order valence-corrected chi connectivity index (χ1v) is 6.57. The number of ether oxygens (including phenoxy) is 2. The van der Waals surface area contributed by atoms with Gasteiger partial charge in [0.05, 0.1) is 27.0 Å². The summed E-state index contributed by atoms with van der Waals surface area (Å²) in [4.78, 5) is 27.9. The van der Waals surface area contributed by atoms with Crippen LogP contribution in [-0.2, 0) is 16.0 Å². The Labute approximate surface area is 129 Å². The largest absolute Gasteiger partial charge is 0.464 e. The molecule has 0 aromatic carbocycles. The number of rotatable bonds is 4. The summed E-state index contributed by atoms with van der Waals surface area (Å²) in [6, 6.07) is 3.52. The number of hydrogen-bond donors (Lipinski definition) is 0. The van der Waals surface area contributed by atoms with Crippen molar-refractivity contribution < 1.29 is 23.5 Å². The minimum absolute atomic E-state index is 0.0929. The molecule has 0 aliphatic rings. The predicted molar refractivity (Wildman–Crippen MR) is 75.8 cm³/mol. The molecule has 118 valence electrons. The van der Waals surface area contributed by atoms with Crippen molar-refractivity contribution in [3.05, 3.63) is 41.5 Å². The summed E-state index contributed by atoms with van der Waals surface area (Å²) in [5, 5.41) is 7.53. The molecule has 9 heteroatoms. The van der Waals surface area contributed by atoms with Crippen LogP contribution in [0.5, 0.6) is 0 Å². The van der Waals surface area contributed by atoms with Gasteiger partial charge in [-0.3, -0.25) is 4.98 Å². The molecule has 0 radical (unpaired) electrons. The molecular weight excluding hydrogens is 304 g/mol. The fourth-order valence-corrected chi connectivity index (χ4v) is 2.15. The van der Waals surface area contributed by atoms with Crippen molar-refractivity contribution in [3.8, 4) is 0 Å². The van der Waals surface area contributed by atoms with Gasteiger partial charge < -0.3 is 13.9 Å². The molecule has 0 aliphatic carbocycles. The number of esters is 2. The second kappa shape index (κ2) is 5.87. The molecule has 0 bridgehead atoms. The number of hydrogen-bond acceptors (Lipinski definition) is 8. The first kappa shape index (κ1) is 14.7. The van der Waals surface area contributed by atoms with Crippen LogP contribution in [0.2, 0.25) is 0 Å². The van der Waals surface area contributed by atoms with Crippen molar-refractivity contribution in [2.75, 3.05) is 14.2 Å². The van der Waals surface area contributed by atoms with E-state index >= 15 is 0 Å². The highest BCUT2D eigenvalue weighted by Crippen LogP contribution is 2.20. The van der Waals surface area contributed by atoms with E-state index in [1.165, 1.54) is 25.2 Å². The van der Waals surface area contributed by atoms with Crippen molar-refractivity contribution in [2.24, 2.45) is 0 Å². The Bertz CT molecular complexity index is 882. The SMILES string of the molecule is COC(=O)c1nnn(Cc2coc3cccnc23)c1C(=O)OC. The first-order chi connectivity index (χ1) is 11.2. The van der Waals surface area contributed by atoms with E-state index < -0.39 is 11.9 Å². The van der Waals surface area contributed by atoms with Crippen molar-refractivity contribution in [1.82, 2.24) is 20.0 Å². The van der Waals surface area contributed by atoms with E-state index in [0.717, 1.165) is 0 Å². The Kier molecular flexibility index (Phi) is 3.75. The number of carbonyl (C=O) groups excluding carboxylic acids is 2. The van der Waals surface area contributed by atoms with Gasteiger partial charge in [0.25, 0.3) is 0 Å². The van der Waals surface area contributed by atoms with E-state index in [4.69, 9.17) is 9.15 Å². The van der Waals surface area contributed by atoms with Crippen LogP contribution in [0.4, 0.5) is 0 Å². The van der Waals surface area contributed by atoms with Gasteiger partial charge in [-0.2, -0.15) is 0 Å². The predicted octanol–water partition coefficient (Wildman–Crippen LogP) is 1.04. The lowest BCUT2D eigenvalue weighted by atomic mass is 10.2. The number of fused-ring (bicyclic) bond motifs is 1. The molecule has 3 heterocycles. The summed E-state index contributed by atoms with van der Waals surface area (Å²) in [5.41, 5.74) is 1.63. The van der Waals surface area contributed by atoms with Crippen LogP contribution in [0.25, 0.3) is 11.1 Å². The van der Waals surface area contributed by atoms with E-state index in [9.17, 15) is 9.59 Å². The summed E-state index contributed by atoms with van der Waals surface area (Å²) in [7, 11) is 2.39. The summed E-state index contributed by atoms with van der Waals surface area (Å²) in [6.45, 7) is 0.137. The molecule has 3 aromatic rings. The molecular formula is C14H12N4O5. The van der Waals surface area contributed by atoms with Crippen LogP contribution in [0, 0.1) is 0 Å². The van der Waals surface area contributed by atoms with Crippen molar-refractivity contribution in [1.29, 1.82) is 0 Å².